The highest BCUT2D eigenvalue weighted by Gasteiger charge is 2.30. The first kappa shape index (κ1) is 14.4. The lowest BCUT2D eigenvalue weighted by atomic mass is 9.92. The lowest BCUT2D eigenvalue weighted by Gasteiger charge is -2.36. The van der Waals surface area contributed by atoms with Gasteiger partial charge in [0, 0.05) is 25.3 Å². The molecule has 1 atom stereocenters. The first-order valence-electron chi connectivity index (χ1n) is 7.08. The Morgan fingerprint density at radius 2 is 2.11 bits per heavy atom. The second-order valence-electron chi connectivity index (χ2n) is 6.55. The Kier molecular flexibility index (Phi) is 4.16. The highest BCUT2D eigenvalue weighted by molar-refractivity contribution is 5.56. The van der Waals surface area contributed by atoms with E-state index in [1.165, 1.54) is 16.8 Å². The fourth-order valence-electron chi connectivity index (χ4n) is 2.81. The summed E-state index contributed by atoms with van der Waals surface area (Å²) < 4.78 is 0. The number of rotatable bonds is 2. The first-order chi connectivity index (χ1) is 8.93. The molecule has 1 aliphatic rings. The zero-order valence-electron chi connectivity index (χ0n) is 12.5. The van der Waals surface area contributed by atoms with Gasteiger partial charge in [0.15, 0.2) is 0 Å². The minimum atomic E-state index is 0.155. The van der Waals surface area contributed by atoms with Crippen molar-refractivity contribution < 1.29 is 5.11 Å². The summed E-state index contributed by atoms with van der Waals surface area (Å²) in [7, 11) is 0. The van der Waals surface area contributed by atoms with E-state index in [0.717, 1.165) is 19.6 Å². The van der Waals surface area contributed by atoms with Crippen LogP contribution in [0, 0.1) is 19.3 Å². The number of hydrogen-bond donors (Lipinski definition) is 2. The standard InChI is InChI=1S/C16H26N2O/c1-12-5-6-13(2)15(7-12)18-11-16(3,4)10-17-8-14(18)9-19/h5-7,14,17,19H,8-11H2,1-4H3. The largest absolute Gasteiger partial charge is 0.394 e. The van der Waals surface area contributed by atoms with Gasteiger partial charge < -0.3 is 15.3 Å². The van der Waals surface area contributed by atoms with Gasteiger partial charge in [0.25, 0.3) is 0 Å². The Morgan fingerprint density at radius 3 is 2.79 bits per heavy atom. The van der Waals surface area contributed by atoms with Gasteiger partial charge in [-0.1, -0.05) is 26.0 Å². The normalized spacial score (nSPS) is 23.2. The number of benzene rings is 1. The van der Waals surface area contributed by atoms with Crippen LogP contribution in [-0.2, 0) is 0 Å². The summed E-state index contributed by atoms with van der Waals surface area (Å²) in [5, 5.41) is 13.2. The van der Waals surface area contributed by atoms with E-state index < -0.39 is 0 Å². The average Bonchev–Trinajstić information content (AvgIpc) is 2.50. The molecule has 2 N–H and O–H groups in total. The van der Waals surface area contributed by atoms with Gasteiger partial charge in [-0.3, -0.25) is 0 Å². The Bertz CT molecular complexity index is 442. The molecule has 1 aliphatic heterocycles. The van der Waals surface area contributed by atoms with Crippen LogP contribution in [0.15, 0.2) is 18.2 Å². The van der Waals surface area contributed by atoms with Crippen LogP contribution < -0.4 is 10.2 Å². The lowest BCUT2D eigenvalue weighted by molar-refractivity contribution is 0.258. The summed E-state index contributed by atoms with van der Waals surface area (Å²) in [6, 6.07) is 6.71. The maximum absolute atomic E-state index is 9.70. The van der Waals surface area contributed by atoms with Crippen LogP contribution in [0.3, 0.4) is 0 Å². The predicted molar refractivity (Wildman–Crippen MR) is 80.8 cm³/mol. The second-order valence-corrected chi connectivity index (χ2v) is 6.55. The van der Waals surface area contributed by atoms with Gasteiger partial charge in [-0.05, 0) is 36.5 Å². The number of aliphatic hydroxyl groups excluding tert-OH is 1. The molecule has 0 radical (unpaired) electrons. The Balaban J connectivity index is 2.39. The van der Waals surface area contributed by atoms with E-state index in [9.17, 15) is 5.11 Å². The van der Waals surface area contributed by atoms with E-state index >= 15 is 0 Å². The molecule has 2 rings (SSSR count). The third-order valence-electron chi connectivity index (χ3n) is 3.91. The molecule has 1 aromatic carbocycles. The average molecular weight is 262 g/mol. The minimum Gasteiger partial charge on any atom is -0.394 e. The van der Waals surface area contributed by atoms with Crippen LogP contribution in [0.2, 0.25) is 0 Å². The third-order valence-corrected chi connectivity index (χ3v) is 3.91. The van der Waals surface area contributed by atoms with E-state index in [4.69, 9.17) is 0 Å². The predicted octanol–water partition coefficient (Wildman–Crippen LogP) is 2.10. The fraction of sp³-hybridized carbons (Fsp3) is 0.625. The van der Waals surface area contributed by atoms with Crippen molar-refractivity contribution in [2.45, 2.75) is 33.7 Å². The maximum Gasteiger partial charge on any atom is 0.0647 e. The van der Waals surface area contributed by atoms with Gasteiger partial charge in [-0.25, -0.2) is 0 Å². The molecule has 0 spiro atoms. The van der Waals surface area contributed by atoms with Crippen LogP contribution in [0.1, 0.15) is 25.0 Å². The summed E-state index contributed by atoms with van der Waals surface area (Å²) in [6.45, 7) is 11.8. The van der Waals surface area contributed by atoms with E-state index in [0.29, 0.717) is 0 Å². The second kappa shape index (κ2) is 5.51. The molecule has 106 valence electrons. The number of aryl methyl sites for hydroxylation is 2. The van der Waals surface area contributed by atoms with Crippen molar-refractivity contribution in [1.29, 1.82) is 0 Å². The van der Waals surface area contributed by atoms with Gasteiger partial charge in [0.05, 0.1) is 12.6 Å². The van der Waals surface area contributed by atoms with Crippen molar-refractivity contribution >= 4 is 5.69 Å². The summed E-state index contributed by atoms with van der Waals surface area (Å²) in [4.78, 5) is 2.38. The molecule has 3 heteroatoms. The topological polar surface area (TPSA) is 35.5 Å². The number of aliphatic hydroxyl groups is 1. The summed E-state index contributed by atoms with van der Waals surface area (Å²) in [5.41, 5.74) is 4.02. The van der Waals surface area contributed by atoms with Crippen LogP contribution in [0.4, 0.5) is 5.69 Å². The summed E-state index contributed by atoms with van der Waals surface area (Å²) in [6.07, 6.45) is 0. The zero-order valence-corrected chi connectivity index (χ0v) is 12.5. The number of anilines is 1. The van der Waals surface area contributed by atoms with Crippen LogP contribution >= 0.6 is 0 Å². The van der Waals surface area contributed by atoms with E-state index in [2.05, 4.69) is 56.1 Å². The molecule has 0 aromatic heterocycles. The number of nitrogens with one attached hydrogen (secondary N) is 1. The summed E-state index contributed by atoms with van der Waals surface area (Å²) >= 11 is 0. The van der Waals surface area contributed by atoms with Crippen molar-refractivity contribution in [3.8, 4) is 0 Å². The van der Waals surface area contributed by atoms with E-state index in [1.54, 1.807) is 0 Å². The molecule has 1 fully saturated rings. The van der Waals surface area contributed by atoms with Crippen molar-refractivity contribution in [2.24, 2.45) is 5.41 Å². The van der Waals surface area contributed by atoms with Crippen molar-refractivity contribution in [1.82, 2.24) is 5.32 Å². The van der Waals surface area contributed by atoms with Gasteiger partial charge >= 0.3 is 0 Å². The molecule has 1 saturated heterocycles. The molecule has 0 aliphatic carbocycles. The highest BCUT2D eigenvalue weighted by Crippen LogP contribution is 2.29. The van der Waals surface area contributed by atoms with Gasteiger partial charge in [-0.2, -0.15) is 0 Å². The molecule has 0 saturated carbocycles. The monoisotopic (exact) mass is 262 g/mol. The molecular formula is C16H26N2O. The van der Waals surface area contributed by atoms with Crippen LogP contribution in [0.25, 0.3) is 0 Å². The lowest BCUT2D eigenvalue weighted by Crippen LogP contribution is -2.44. The molecular weight excluding hydrogens is 236 g/mol. The molecule has 0 amide bonds. The molecule has 1 heterocycles. The smallest absolute Gasteiger partial charge is 0.0647 e. The fourth-order valence-corrected chi connectivity index (χ4v) is 2.81. The quantitative estimate of drug-likeness (QED) is 0.857. The minimum absolute atomic E-state index is 0.155. The SMILES string of the molecule is Cc1ccc(C)c(N2CC(C)(C)CNCC2CO)c1. The summed E-state index contributed by atoms with van der Waals surface area (Å²) in [5.74, 6) is 0. The van der Waals surface area contributed by atoms with Crippen molar-refractivity contribution in [3.63, 3.8) is 0 Å². The zero-order chi connectivity index (χ0) is 14.0. The Hall–Kier alpha value is -1.06. The third kappa shape index (κ3) is 3.28. The van der Waals surface area contributed by atoms with Crippen LogP contribution in [0.5, 0.6) is 0 Å². The van der Waals surface area contributed by atoms with Crippen LogP contribution in [-0.4, -0.2) is 37.4 Å². The molecule has 3 nitrogen and oxygen atoms in total. The van der Waals surface area contributed by atoms with Crippen molar-refractivity contribution in [3.05, 3.63) is 29.3 Å². The van der Waals surface area contributed by atoms with Gasteiger partial charge in [0.1, 0.15) is 0 Å². The molecule has 1 unspecified atom stereocenters. The molecule has 19 heavy (non-hydrogen) atoms. The van der Waals surface area contributed by atoms with Crippen molar-refractivity contribution in [2.75, 3.05) is 31.1 Å². The first-order valence-corrected chi connectivity index (χ1v) is 7.08. The number of nitrogens with zero attached hydrogens (tertiary/aromatic N) is 1. The Morgan fingerprint density at radius 1 is 1.37 bits per heavy atom. The van der Waals surface area contributed by atoms with E-state index in [1.807, 2.05) is 0 Å². The van der Waals surface area contributed by atoms with Gasteiger partial charge in [0.2, 0.25) is 0 Å². The van der Waals surface area contributed by atoms with E-state index in [-0.39, 0.29) is 18.1 Å². The van der Waals surface area contributed by atoms with Gasteiger partial charge in [-0.15, -0.1) is 0 Å². The molecule has 0 bridgehead atoms. The highest BCUT2D eigenvalue weighted by atomic mass is 16.3. The number of hydrogen-bond acceptors (Lipinski definition) is 3. The molecule has 1 aromatic rings. The Labute approximate surface area is 116 Å². The maximum atomic E-state index is 9.70.